The third kappa shape index (κ3) is 4.01. The van der Waals surface area contributed by atoms with Crippen molar-refractivity contribution < 1.29 is 19.5 Å². The van der Waals surface area contributed by atoms with Crippen LogP contribution in [-0.2, 0) is 14.4 Å². The Morgan fingerprint density at radius 2 is 1.82 bits per heavy atom. The van der Waals surface area contributed by atoms with Gasteiger partial charge in [0, 0.05) is 67.4 Å². The molecule has 8 nitrogen and oxygen atoms in total. The normalized spacial score (nSPS) is 16.4. The van der Waals surface area contributed by atoms with Crippen LogP contribution in [0.25, 0.3) is 10.9 Å². The van der Waals surface area contributed by atoms with Crippen LogP contribution in [0.2, 0.25) is 0 Å². The van der Waals surface area contributed by atoms with Crippen LogP contribution in [0.5, 0.6) is 0 Å². The quantitative estimate of drug-likeness (QED) is 0.729. The molecule has 2 aromatic rings. The molecule has 150 valence electrons. The second-order valence-electron chi connectivity index (χ2n) is 7.43. The minimum Gasteiger partial charge on any atom is -0.480 e. The van der Waals surface area contributed by atoms with Crippen molar-refractivity contribution in [2.24, 2.45) is 5.92 Å². The number of amides is 2. The van der Waals surface area contributed by atoms with Crippen LogP contribution < -0.4 is 5.32 Å². The molecule has 1 aromatic heterocycles. The number of carboxylic acids is 1. The molecule has 1 aliphatic rings. The number of nitrogens with zero attached hydrogens (tertiary/aromatic N) is 2. The Labute approximate surface area is 163 Å². The van der Waals surface area contributed by atoms with Gasteiger partial charge < -0.3 is 20.3 Å². The Morgan fingerprint density at radius 1 is 1.14 bits per heavy atom. The van der Waals surface area contributed by atoms with Crippen molar-refractivity contribution in [3.63, 3.8) is 0 Å². The Balaban J connectivity index is 1.90. The fraction of sp³-hybridized carbons (Fsp3) is 0.450. The maximum absolute atomic E-state index is 12.1. The summed E-state index contributed by atoms with van der Waals surface area (Å²) in [5.41, 5.74) is 2.10. The van der Waals surface area contributed by atoms with E-state index in [4.69, 9.17) is 0 Å². The van der Waals surface area contributed by atoms with Crippen LogP contribution in [0.4, 0.5) is 5.69 Å². The molecule has 1 unspecified atom stereocenters. The van der Waals surface area contributed by atoms with Gasteiger partial charge in [-0.25, -0.2) is 0 Å². The van der Waals surface area contributed by atoms with Crippen molar-refractivity contribution in [1.82, 2.24) is 14.8 Å². The third-order valence-electron chi connectivity index (χ3n) is 5.16. The van der Waals surface area contributed by atoms with E-state index in [0.29, 0.717) is 37.4 Å². The van der Waals surface area contributed by atoms with Gasteiger partial charge in [0.15, 0.2) is 0 Å². The number of hydrogen-bond donors (Lipinski definition) is 3. The SMILES string of the molecule is CC(=O)N1CCN(C(C(=O)O)c2c[nH]c3ccc(NC(=O)C(C)C)cc23)CC1. The highest BCUT2D eigenvalue weighted by Crippen LogP contribution is 2.31. The molecule has 28 heavy (non-hydrogen) atoms. The number of fused-ring (bicyclic) bond motifs is 1. The number of aromatic nitrogens is 1. The summed E-state index contributed by atoms with van der Waals surface area (Å²) in [5, 5.41) is 13.5. The van der Waals surface area contributed by atoms with Crippen molar-refractivity contribution in [2.75, 3.05) is 31.5 Å². The van der Waals surface area contributed by atoms with Crippen LogP contribution in [0, 0.1) is 5.92 Å². The van der Waals surface area contributed by atoms with Gasteiger partial charge in [0.25, 0.3) is 0 Å². The lowest BCUT2D eigenvalue weighted by atomic mass is 10.0. The average molecular weight is 386 g/mol. The number of rotatable bonds is 5. The number of piperazine rings is 1. The van der Waals surface area contributed by atoms with E-state index in [1.807, 2.05) is 30.9 Å². The standard InChI is InChI=1S/C20H26N4O4/c1-12(2)19(26)22-14-4-5-17-15(10-14)16(11-21-17)18(20(27)28)24-8-6-23(7-9-24)13(3)25/h4-5,10-12,18,21H,6-9H2,1-3H3,(H,22,26)(H,27,28). The summed E-state index contributed by atoms with van der Waals surface area (Å²) in [6.07, 6.45) is 1.72. The highest BCUT2D eigenvalue weighted by molar-refractivity contribution is 5.96. The predicted octanol–water partition coefficient (Wildman–Crippen LogP) is 2.05. The zero-order chi connectivity index (χ0) is 20.4. The largest absolute Gasteiger partial charge is 0.480 e. The highest BCUT2D eigenvalue weighted by atomic mass is 16.4. The lowest BCUT2D eigenvalue weighted by Crippen LogP contribution is -2.50. The first-order chi connectivity index (χ1) is 13.3. The first kappa shape index (κ1) is 19.9. The van der Waals surface area contributed by atoms with Crippen LogP contribution in [0.1, 0.15) is 32.4 Å². The molecule has 2 amide bonds. The fourth-order valence-corrected chi connectivity index (χ4v) is 3.51. The van der Waals surface area contributed by atoms with E-state index < -0.39 is 12.0 Å². The smallest absolute Gasteiger partial charge is 0.325 e. The van der Waals surface area contributed by atoms with Crippen molar-refractivity contribution in [1.29, 1.82) is 0 Å². The van der Waals surface area contributed by atoms with Crippen LogP contribution in [0.3, 0.4) is 0 Å². The topological polar surface area (TPSA) is 106 Å². The molecule has 0 spiro atoms. The van der Waals surface area contributed by atoms with Crippen LogP contribution in [0.15, 0.2) is 24.4 Å². The van der Waals surface area contributed by atoms with Gasteiger partial charge in [-0.2, -0.15) is 0 Å². The molecule has 2 heterocycles. The maximum Gasteiger partial charge on any atom is 0.325 e. The molecular formula is C20H26N4O4. The van der Waals surface area contributed by atoms with Gasteiger partial charge >= 0.3 is 5.97 Å². The minimum absolute atomic E-state index is 0.00385. The van der Waals surface area contributed by atoms with Crippen molar-refractivity contribution in [3.05, 3.63) is 30.0 Å². The first-order valence-electron chi connectivity index (χ1n) is 9.42. The first-order valence-corrected chi connectivity index (χ1v) is 9.42. The Hall–Kier alpha value is -2.87. The number of hydrogen-bond acceptors (Lipinski definition) is 4. The number of nitrogens with one attached hydrogen (secondary N) is 2. The maximum atomic E-state index is 12.1. The number of benzene rings is 1. The van der Waals surface area contributed by atoms with E-state index in [-0.39, 0.29) is 17.7 Å². The number of H-pyrrole nitrogens is 1. The summed E-state index contributed by atoms with van der Waals surface area (Å²) in [4.78, 5) is 42.4. The molecule has 1 saturated heterocycles. The van der Waals surface area contributed by atoms with E-state index in [0.717, 1.165) is 10.9 Å². The average Bonchev–Trinajstić information content (AvgIpc) is 3.05. The van der Waals surface area contributed by atoms with E-state index in [9.17, 15) is 19.5 Å². The third-order valence-corrected chi connectivity index (χ3v) is 5.16. The van der Waals surface area contributed by atoms with E-state index >= 15 is 0 Å². The van der Waals surface area contributed by atoms with Gasteiger partial charge in [-0.05, 0) is 18.2 Å². The monoisotopic (exact) mass is 386 g/mol. The molecule has 8 heteroatoms. The lowest BCUT2D eigenvalue weighted by Gasteiger charge is -2.37. The molecule has 3 rings (SSSR count). The van der Waals surface area contributed by atoms with Gasteiger partial charge in [-0.3, -0.25) is 19.3 Å². The lowest BCUT2D eigenvalue weighted by molar-refractivity contribution is -0.145. The second-order valence-corrected chi connectivity index (χ2v) is 7.43. The van der Waals surface area contributed by atoms with E-state index in [1.165, 1.54) is 6.92 Å². The number of carbonyl (C=O) groups is 3. The summed E-state index contributed by atoms with van der Waals surface area (Å²) in [7, 11) is 0. The van der Waals surface area contributed by atoms with Gasteiger partial charge in [-0.15, -0.1) is 0 Å². The van der Waals surface area contributed by atoms with Crippen molar-refractivity contribution in [2.45, 2.75) is 26.8 Å². The molecule has 0 saturated carbocycles. The molecule has 0 bridgehead atoms. The molecule has 1 atom stereocenters. The van der Waals surface area contributed by atoms with Crippen LogP contribution >= 0.6 is 0 Å². The molecular weight excluding hydrogens is 360 g/mol. The highest BCUT2D eigenvalue weighted by Gasteiger charge is 2.32. The van der Waals surface area contributed by atoms with E-state index in [1.54, 1.807) is 17.2 Å². The Kier molecular flexibility index (Phi) is 5.69. The van der Waals surface area contributed by atoms with Gasteiger partial charge in [0.2, 0.25) is 11.8 Å². The second kappa shape index (κ2) is 8.02. The zero-order valence-electron chi connectivity index (χ0n) is 16.4. The molecule has 1 fully saturated rings. The van der Waals surface area contributed by atoms with Crippen LogP contribution in [-0.4, -0.2) is 63.9 Å². The summed E-state index contributed by atoms with van der Waals surface area (Å²) < 4.78 is 0. The number of aliphatic carboxylic acids is 1. The summed E-state index contributed by atoms with van der Waals surface area (Å²) >= 11 is 0. The number of carboxylic acid groups (broad SMARTS) is 1. The zero-order valence-corrected chi connectivity index (χ0v) is 16.4. The number of carbonyl (C=O) groups excluding carboxylic acids is 2. The molecule has 0 radical (unpaired) electrons. The summed E-state index contributed by atoms with van der Waals surface area (Å²) in [6, 6.07) is 4.62. The Bertz CT molecular complexity index is 897. The van der Waals surface area contributed by atoms with Crippen molar-refractivity contribution in [3.8, 4) is 0 Å². The minimum atomic E-state index is -0.936. The van der Waals surface area contributed by atoms with Crippen molar-refractivity contribution >= 4 is 34.4 Å². The Morgan fingerprint density at radius 3 is 2.39 bits per heavy atom. The molecule has 0 aliphatic carbocycles. The van der Waals surface area contributed by atoms with E-state index in [2.05, 4.69) is 10.3 Å². The molecule has 1 aromatic carbocycles. The van der Waals surface area contributed by atoms with Gasteiger partial charge in [-0.1, -0.05) is 13.8 Å². The molecule has 3 N–H and O–H groups in total. The van der Waals surface area contributed by atoms with Gasteiger partial charge in [0.05, 0.1) is 0 Å². The summed E-state index contributed by atoms with van der Waals surface area (Å²) in [5.74, 6) is -1.17. The van der Waals surface area contributed by atoms with Gasteiger partial charge in [0.1, 0.15) is 6.04 Å². The number of anilines is 1. The predicted molar refractivity (Wildman–Crippen MR) is 106 cm³/mol. The fourth-order valence-electron chi connectivity index (χ4n) is 3.51. The molecule has 1 aliphatic heterocycles. The summed E-state index contributed by atoms with van der Waals surface area (Å²) in [6.45, 7) is 7.17. The number of aromatic amines is 1.